The van der Waals surface area contributed by atoms with Crippen molar-refractivity contribution in [2.75, 3.05) is 17.2 Å². The van der Waals surface area contributed by atoms with Crippen molar-refractivity contribution >= 4 is 51.7 Å². The van der Waals surface area contributed by atoms with Crippen molar-refractivity contribution in [1.29, 1.82) is 0 Å². The number of carbonyl (C=O) groups is 2. The lowest BCUT2D eigenvalue weighted by Gasteiger charge is -2.21. The summed E-state index contributed by atoms with van der Waals surface area (Å²) in [6.07, 6.45) is 3.88. The maximum atomic E-state index is 12.3. The molecular weight excluding hydrogens is 406 g/mol. The highest BCUT2D eigenvalue weighted by Gasteiger charge is 2.30. The normalized spacial score (nSPS) is 17.4. The smallest absolute Gasteiger partial charge is 0.309 e. The summed E-state index contributed by atoms with van der Waals surface area (Å²) >= 11 is 6.46. The van der Waals surface area contributed by atoms with Crippen LogP contribution in [0.25, 0.3) is 11.0 Å². The standard InChI is InChI=1S/C21H20ClN5O3/c1-2-30-21(29)10-3-4-14-12(5-10)18-19(26-14)23-9-24-20(18)27-16-8-15-11(6-13(16)22)7-17(28)25-15/h6,8-10H,2-5,7H2,1H3,(H,25,28)(H2,23,24,26,27). The van der Waals surface area contributed by atoms with Crippen molar-refractivity contribution in [1.82, 2.24) is 15.0 Å². The van der Waals surface area contributed by atoms with E-state index >= 15 is 0 Å². The first-order valence-corrected chi connectivity index (χ1v) is 10.3. The van der Waals surface area contributed by atoms with Gasteiger partial charge in [-0.05, 0) is 49.4 Å². The number of amides is 1. The van der Waals surface area contributed by atoms with Gasteiger partial charge >= 0.3 is 5.97 Å². The second kappa shape index (κ2) is 7.28. The molecule has 1 aromatic carbocycles. The van der Waals surface area contributed by atoms with Crippen molar-refractivity contribution in [3.8, 4) is 0 Å². The Labute approximate surface area is 177 Å². The van der Waals surface area contributed by atoms with Crippen molar-refractivity contribution < 1.29 is 14.3 Å². The van der Waals surface area contributed by atoms with E-state index in [1.54, 1.807) is 6.07 Å². The summed E-state index contributed by atoms with van der Waals surface area (Å²) in [7, 11) is 0. The van der Waals surface area contributed by atoms with Crippen LogP contribution in [0.3, 0.4) is 0 Å². The number of nitrogens with one attached hydrogen (secondary N) is 3. The summed E-state index contributed by atoms with van der Waals surface area (Å²) in [5.74, 6) is 0.213. The molecule has 154 valence electrons. The number of esters is 1. The molecule has 30 heavy (non-hydrogen) atoms. The number of carbonyl (C=O) groups excluding carboxylic acids is 2. The number of aryl methyl sites for hydroxylation is 1. The van der Waals surface area contributed by atoms with Gasteiger partial charge in [0.1, 0.15) is 17.8 Å². The lowest BCUT2D eigenvalue weighted by atomic mass is 9.86. The van der Waals surface area contributed by atoms with Crippen molar-refractivity contribution in [2.45, 2.75) is 32.6 Å². The zero-order chi connectivity index (χ0) is 20.8. The number of hydrogen-bond acceptors (Lipinski definition) is 6. The van der Waals surface area contributed by atoms with E-state index < -0.39 is 0 Å². The molecule has 2 aromatic heterocycles. The molecule has 1 atom stereocenters. The first-order chi connectivity index (χ1) is 14.5. The molecule has 0 radical (unpaired) electrons. The summed E-state index contributed by atoms with van der Waals surface area (Å²) in [6, 6.07) is 3.61. The number of aromatic amines is 1. The molecule has 5 rings (SSSR count). The Kier molecular flexibility index (Phi) is 4.58. The third kappa shape index (κ3) is 3.17. The van der Waals surface area contributed by atoms with Crippen LogP contribution in [-0.2, 0) is 33.6 Å². The topological polar surface area (TPSA) is 109 Å². The number of fused-ring (bicyclic) bond motifs is 4. The molecule has 2 aliphatic rings. The average molecular weight is 426 g/mol. The summed E-state index contributed by atoms with van der Waals surface area (Å²) in [5, 5.41) is 7.48. The van der Waals surface area contributed by atoms with E-state index in [4.69, 9.17) is 16.3 Å². The number of anilines is 3. The second-order valence-corrected chi connectivity index (χ2v) is 7.97. The molecule has 0 saturated heterocycles. The minimum absolute atomic E-state index is 0.0487. The lowest BCUT2D eigenvalue weighted by Crippen LogP contribution is -2.24. The Morgan fingerprint density at radius 1 is 1.37 bits per heavy atom. The Hall–Kier alpha value is -3.13. The number of hydrogen-bond donors (Lipinski definition) is 3. The first kappa shape index (κ1) is 18.9. The summed E-state index contributed by atoms with van der Waals surface area (Å²) < 4.78 is 5.23. The Morgan fingerprint density at radius 2 is 2.23 bits per heavy atom. The number of aromatic nitrogens is 3. The number of H-pyrrole nitrogens is 1. The molecule has 0 spiro atoms. The third-order valence-electron chi connectivity index (χ3n) is 5.67. The van der Waals surface area contributed by atoms with E-state index in [0.717, 1.165) is 40.7 Å². The molecule has 0 saturated carbocycles. The first-order valence-electron chi connectivity index (χ1n) is 9.93. The number of halogens is 1. The van der Waals surface area contributed by atoms with Gasteiger partial charge in [-0.1, -0.05) is 11.6 Å². The van der Waals surface area contributed by atoms with Crippen molar-refractivity contribution in [2.24, 2.45) is 5.92 Å². The Bertz CT molecular complexity index is 1190. The van der Waals surface area contributed by atoms with Gasteiger partial charge in [0.25, 0.3) is 0 Å². The predicted octanol–water partition coefficient (Wildman–Crippen LogP) is 3.52. The molecule has 0 fully saturated rings. The minimum Gasteiger partial charge on any atom is -0.466 e. The van der Waals surface area contributed by atoms with Gasteiger partial charge in [-0.2, -0.15) is 0 Å². The lowest BCUT2D eigenvalue weighted by molar-refractivity contribution is -0.148. The van der Waals surface area contributed by atoms with Crippen molar-refractivity contribution in [3.63, 3.8) is 0 Å². The maximum absolute atomic E-state index is 12.3. The van der Waals surface area contributed by atoms with E-state index in [2.05, 4.69) is 25.6 Å². The average Bonchev–Trinajstić information content (AvgIpc) is 3.27. The zero-order valence-electron chi connectivity index (χ0n) is 16.3. The molecular formula is C21H20ClN5O3. The molecule has 9 heteroatoms. The number of rotatable bonds is 4. The SMILES string of the molecule is CCOC(=O)C1CCc2[nH]c3ncnc(Nc4cc5c(cc4Cl)CC(=O)N5)c3c2C1. The molecule has 1 unspecified atom stereocenters. The number of ether oxygens (including phenoxy) is 1. The van der Waals surface area contributed by atoms with Gasteiger partial charge in [0.15, 0.2) is 0 Å². The van der Waals surface area contributed by atoms with Gasteiger partial charge in [-0.15, -0.1) is 0 Å². The Morgan fingerprint density at radius 3 is 3.07 bits per heavy atom. The minimum atomic E-state index is -0.177. The van der Waals surface area contributed by atoms with Gasteiger partial charge in [0, 0.05) is 11.4 Å². The third-order valence-corrected chi connectivity index (χ3v) is 5.98. The van der Waals surface area contributed by atoms with Crippen LogP contribution >= 0.6 is 11.6 Å². The molecule has 3 aromatic rings. The largest absolute Gasteiger partial charge is 0.466 e. The van der Waals surface area contributed by atoms with Crippen LogP contribution in [0.1, 0.15) is 30.2 Å². The van der Waals surface area contributed by atoms with Crippen LogP contribution in [0.2, 0.25) is 5.02 Å². The van der Waals surface area contributed by atoms with Crippen LogP contribution in [0.5, 0.6) is 0 Å². The van der Waals surface area contributed by atoms with Gasteiger partial charge in [0.2, 0.25) is 5.91 Å². The molecule has 3 heterocycles. The van der Waals surface area contributed by atoms with Crippen LogP contribution in [0.15, 0.2) is 18.5 Å². The highest BCUT2D eigenvalue weighted by atomic mass is 35.5. The van der Waals surface area contributed by atoms with Crippen LogP contribution < -0.4 is 10.6 Å². The fourth-order valence-electron chi connectivity index (χ4n) is 4.27. The quantitative estimate of drug-likeness (QED) is 0.552. The molecule has 0 bridgehead atoms. The monoisotopic (exact) mass is 425 g/mol. The highest BCUT2D eigenvalue weighted by Crippen LogP contribution is 2.38. The van der Waals surface area contributed by atoms with Crippen LogP contribution in [-0.4, -0.2) is 33.4 Å². The fourth-order valence-corrected chi connectivity index (χ4v) is 4.50. The van der Waals surface area contributed by atoms with E-state index in [-0.39, 0.29) is 17.8 Å². The number of nitrogens with zero attached hydrogens (tertiary/aromatic N) is 2. The van der Waals surface area contributed by atoms with E-state index in [1.165, 1.54) is 6.33 Å². The summed E-state index contributed by atoms with van der Waals surface area (Å²) in [6.45, 7) is 2.19. The van der Waals surface area contributed by atoms with Gasteiger partial charge in [-0.3, -0.25) is 9.59 Å². The zero-order valence-corrected chi connectivity index (χ0v) is 17.1. The van der Waals surface area contributed by atoms with Crippen molar-refractivity contribution in [3.05, 3.63) is 40.3 Å². The Balaban J connectivity index is 1.53. The van der Waals surface area contributed by atoms with Gasteiger partial charge in [0.05, 0.1) is 35.0 Å². The summed E-state index contributed by atoms with van der Waals surface area (Å²) in [4.78, 5) is 36.1. The number of benzene rings is 1. The summed E-state index contributed by atoms with van der Waals surface area (Å²) in [5.41, 5.74) is 5.08. The van der Waals surface area contributed by atoms with Gasteiger partial charge < -0.3 is 20.4 Å². The van der Waals surface area contributed by atoms with Crippen LogP contribution in [0.4, 0.5) is 17.2 Å². The van der Waals surface area contributed by atoms with E-state index in [0.29, 0.717) is 41.6 Å². The van der Waals surface area contributed by atoms with Crippen LogP contribution in [0, 0.1) is 5.92 Å². The second-order valence-electron chi connectivity index (χ2n) is 7.56. The van der Waals surface area contributed by atoms with E-state index in [1.807, 2.05) is 13.0 Å². The maximum Gasteiger partial charge on any atom is 0.309 e. The molecule has 1 amide bonds. The molecule has 1 aliphatic heterocycles. The van der Waals surface area contributed by atoms with Gasteiger partial charge in [-0.25, -0.2) is 9.97 Å². The highest BCUT2D eigenvalue weighted by molar-refractivity contribution is 6.33. The molecule has 8 nitrogen and oxygen atoms in total. The predicted molar refractivity (Wildman–Crippen MR) is 113 cm³/mol. The molecule has 3 N–H and O–H groups in total. The van der Waals surface area contributed by atoms with E-state index in [9.17, 15) is 9.59 Å². The fraction of sp³-hybridized carbons (Fsp3) is 0.333. The molecule has 1 aliphatic carbocycles.